The van der Waals surface area contributed by atoms with Gasteiger partial charge in [-0.05, 0) is 35.2 Å². The van der Waals surface area contributed by atoms with Crippen LogP contribution in [0.25, 0.3) is 5.57 Å². The standard InChI is InChI=1S/C20H22N2/c1-4-13-22(3)16-17(2)19-10-8-9-18(14-19)15-21-20-11-6-5-7-12-20/h1,5-12,14,21H,2,13,15-16H2,3H3/p+1. The number of anilines is 1. The smallest absolute Gasteiger partial charge is 0.139 e. The van der Waals surface area contributed by atoms with Gasteiger partial charge in [-0.2, -0.15) is 0 Å². The van der Waals surface area contributed by atoms with Gasteiger partial charge >= 0.3 is 0 Å². The van der Waals surface area contributed by atoms with E-state index in [-0.39, 0.29) is 0 Å². The Labute approximate surface area is 133 Å². The number of hydrogen-bond acceptors (Lipinski definition) is 1. The van der Waals surface area contributed by atoms with Gasteiger partial charge in [0.05, 0.1) is 7.05 Å². The molecule has 1 unspecified atom stereocenters. The number of hydrogen-bond donors (Lipinski definition) is 2. The molecule has 0 radical (unpaired) electrons. The Morgan fingerprint density at radius 3 is 2.68 bits per heavy atom. The quantitative estimate of drug-likeness (QED) is 0.749. The van der Waals surface area contributed by atoms with Gasteiger partial charge in [0, 0.05) is 17.8 Å². The predicted molar refractivity (Wildman–Crippen MR) is 94.7 cm³/mol. The van der Waals surface area contributed by atoms with Crippen molar-refractivity contribution in [3.05, 3.63) is 72.3 Å². The maximum atomic E-state index is 5.35. The molecule has 0 spiro atoms. The molecule has 1 atom stereocenters. The van der Waals surface area contributed by atoms with Crippen molar-refractivity contribution < 1.29 is 4.90 Å². The van der Waals surface area contributed by atoms with Crippen LogP contribution in [0, 0.1) is 12.3 Å². The second kappa shape index (κ2) is 8.07. The van der Waals surface area contributed by atoms with Crippen molar-refractivity contribution in [1.29, 1.82) is 0 Å². The van der Waals surface area contributed by atoms with Gasteiger partial charge < -0.3 is 10.2 Å². The normalized spacial score (nSPS) is 11.5. The van der Waals surface area contributed by atoms with Crippen molar-refractivity contribution in [1.82, 2.24) is 0 Å². The van der Waals surface area contributed by atoms with Crippen LogP contribution in [-0.2, 0) is 6.54 Å². The minimum absolute atomic E-state index is 0.717. The van der Waals surface area contributed by atoms with Crippen molar-refractivity contribution >= 4 is 11.3 Å². The molecule has 2 aromatic rings. The van der Waals surface area contributed by atoms with Crippen LogP contribution in [0.1, 0.15) is 11.1 Å². The van der Waals surface area contributed by atoms with Gasteiger partial charge in [0.25, 0.3) is 0 Å². The summed E-state index contributed by atoms with van der Waals surface area (Å²) in [5.74, 6) is 2.69. The van der Waals surface area contributed by atoms with Crippen LogP contribution in [0.15, 0.2) is 61.2 Å². The monoisotopic (exact) mass is 291 g/mol. The van der Waals surface area contributed by atoms with E-state index in [0.717, 1.165) is 24.4 Å². The summed E-state index contributed by atoms with van der Waals surface area (Å²) >= 11 is 0. The largest absolute Gasteiger partial charge is 0.381 e. The molecule has 2 N–H and O–H groups in total. The van der Waals surface area contributed by atoms with Gasteiger partial charge in [-0.3, -0.25) is 0 Å². The highest BCUT2D eigenvalue weighted by molar-refractivity contribution is 5.64. The van der Waals surface area contributed by atoms with Crippen LogP contribution in [0.2, 0.25) is 0 Å². The van der Waals surface area contributed by atoms with Crippen molar-refractivity contribution in [2.75, 3.05) is 25.5 Å². The molecule has 0 heterocycles. The van der Waals surface area contributed by atoms with Gasteiger partial charge in [-0.15, -0.1) is 6.42 Å². The summed E-state index contributed by atoms with van der Waals surface area (Å²) < 4.78 is 0. The highest BCUT2D eigenvalue weighted by Gasteiger charge is 2.06. The molecule has 0 aliphatic carbocycles. The number of quaternary nitrogens is 1. The first kappa shape index (κ1) is 15.9. The molecule has 0 saturated carbocycles. The van der Waals surface area contributed by atoms with E-state index in [1.165, 1.54) is 16.0 Å². The molecule has 22 heavy (non-hydrogen) atoms. The number of likely N-dealkylation sites (N-methyl/N-ethyl adjacent to an activating group) is 1. The van der Waals surface area contributed by atoms with E-state index in [2.05, 4.69) is 61.3 Å². The highest BCUT2D eigenvalue weighted by atomic mass is 15.1. The minimum atomic E-state index is 0.717. The van der Waals surface area contributed by atoms with E-state index in [1.54, 1.807) is 0 Å². The van der Waals surface area contributed by atoms with Crippen LogP contribution >= 0.6 is 0 Å². The lowest BCUT2D eigenvalue weighted by molar-refractivity contribution is -0.863. The Hall–Kier alpha value is -2.50. The molecule has 0 aliphatic heterocycles. The van der Waals surface area contributed by atoms with Gasteiger partial charge in [0.1, 0.15) is 13.1 Å². The molecule has 2 heteroatoms. The third-order valence-electron chi connectivity index (χ3n) is 3.52. The lowest BCUT2D eigenvalue weighted by atomic mass is 10.0. The number of para-hydroxylation sites is 1. The van der Waals surface area contributed by atoms with Gasteiger partial charge in [0.15, 0.2) is 0 Å². The Morgan fingerprint density at radius 2 is 1.95 bits per heavy atom. The molecular weight excluding hydrogens is 268 g/mol. The first-order valence-corrected chi connectivity index (χ1v) is 7.50. The molecule has 112 valence electrons. The Balaban J connectivity index is 1.97. The average molecular weight is 291 g/mol. The molecule has 0 fully saturated rings. The summed E-state index contributed by atoms with van der Waals surface area (Å²) in [5.41, 5.74) is 4.68. The molecule has 0 aliphatic rings. The number of benzene rings is 2. The molecule has 0 amide bonds. The van der Waals surface area contributed by atoms with Crippen molar-refractivity contribution in [3.8, 4) is 12.3 Å². The number of rotatable bonds is 7. The summed E-state index contributed by atoms with van der Waals surface area (Å²) in [5, 5.41) is 3.43. The first-order chi connectivity index (χ1) is 10.7. The Bertz CT molecular complexity index is 653. The van der Waals surface area contributed by atoms with E-state index >= 15 is 0 Å². The maximum Gasteiger partial charge on any atom is 0.139 e. The van der Waals surface area contributed by atoms with Gasteiger partial charge in [0.2, 0.25) is 0 Å². The van der Waals surface area contributed by atoms with E-state index in [0.29, 0.717) is 6.54 Å². The van der Waals surface area contributed by atoms with Crippen molar-refractivity contribution in [2.45, 2.75) is 6.54 Å². The van der Waals surface area contributed by atoms with Crippen molar-refractivity contribution in [2.24, 2.45) is 0 Å². The van der Waals surface area contributed by atoms with Crippen LogP contribution < -0.4 is 10.2 Å². The predicted octanol–water partition coefficient (Wildman–Crippen LogP) is 2.46. The van der Waals surface area contributed by atoms with E-state index in [4.69, 9.17) is 6.42 Å². The highest BCUT2D eigenvalue weighted by Crippen LogP contribution is 2.14. The summed E-state index contributed by atoms with van der Waals surface area (Å²) in [6, 6.07) is 18.7. The van der Waals surface area contributed by atoms with Crippen molar-refractivity contribution in [3.63, 3.8) is 0 Å². The van der Waals surface area contributed by atoms with Crippen LogP contribution in [-0.4, -0.2) is 20.1 Å². The zero-order valence-electron chi connectivity index (χ0n) is 13.1. The van der Waals surface area contributed by atoms with Gasteiger partial charge in [-0.1, -0.05) is 43.0 Å². The second-order valence-corrected chi connectivity index (χ2v) is 5.54. The summed E-state index contributed by atoms with van der Waals surface area (Å²) in [7, 11) is 2.09. The molecule has 0 bridgehead atoms. The lowest BCUT2D eigenvalue weighted by Gasteiger charge is -2.14. The fourth-order valence-electron chi connectivity index (χ4n) is 2.36. The van der Waals surface area contributed by atoms with Crippen LogP contribution in [0.5, 0.6) is 0 Å². The SMILES string of the molecule is C#CC[NH+](C)CC(=C)c1cccc(CNc2ccccc2)c1. The molecule has 2 aromatic carbocycles. The zero-order chi connectivity index (χ0) is 15.8. The topological polar surface area (TPSA) is 16.5 Å². The molecule has 0 saturated heterocycles. The fraction of sp³-hybridized carbons (Fsp3) is 0.200. The van der Waals surface area contributed by atoms with E-state index < -0.39 is 0 Å². The van der Waals surface area contributed by atoms with Crippen LogP contribution in [0.3, 0.4) is 0 Å². The lowest BCUT2D eigenvalue weighted by Crippen LogP contribution is -3.08. The fourth-order valence-corrected chi connectivity index (χ4v) is 2.36. The minimum Gasteiger partial charge on any atom is -0.381 e. The molecule has 2 rings (SSSR count). The van der Waals surface area contributed by atoms with E-state index in [1.807, 2.05) is 18.2 Å². The third kappa shape index (κ3) is 4.80. The summed E-state index contributed by atoms with van der Waals surface area (Å²) in [4.78, 5) is 1.28. The summed E-state index contributed by atoms with van der Waals surface area (Å²) in [6.07, 6.45) is 5.35. The molecule has 2 nitrogen and oxygen atoms in total. The number of nitrogens with one attached hydrogen (secondary N) is 2. The summed E-state index contributed by atoms with van der Waals surface area (Å²) in [6.45, 7) is 6.58. The van der Waals surface area contributed by atoms with Gasteiger partial charge in [-0.25, -0.2) is 0 Å². The first-order valence-electron chi connectivity index (χ1n) is 7.50. The second-order valence-electron chi connectivity index (χ2n) is 5.54. The molecule has 0 aromatic heterocycles. The third-order valence-corrected chi connectivity index (χ3v) is 3.52. The Kier molecular flexibility index (Phi) is 5.82. The average Bonchev–Trinajstić information content (AvgIpc) is 2.54. The van der Waals surface area contributed by atoms with Crippen LogP contribution in [0.4, 0.5) is 5.69 Å². The number of terminal acetylenes is 1. The Morgan fingerprint density at radius 1 is 1.18 bits per heavy atom. The molecular formula is C20H23N2+. The maximum absolute atomic E-state index is 5.35. The zero-order valence-corrected chi connectivity index (χ0v) is 13.1. The van der Waals surface area contributed by atoms with E-state index in [9.17, 15) is 0 Å².